The molecule has 1 aromatic rings. The van der Waals surface area contributed by atoms with E-state index < -0.39 is 0 Å². The van der Waals surface area contributed by atoms with Gasteiger partial charge in [-0.25, -0.2) is 0 Å². The van der Waals surface area contributed by atoms with Crippen molar-refractivity contribution in [3.05, 3.63) is 29.3 Å². The third-order valence-electron chi connectivity index (χ3n) is 2.51. The van der Waals surface area contributed by atoms with Gasteiger partial charge in [0.15, 0.2) is 0 Å². The third kappa shape index (κ3) is 2.93. The zero-order valence-corrected chi connectivity index (χ0v) is 10.2. The van der Waals surface area contributed by atoms with E-state index in [4.69, 9.17) is 22.7 Å². The normalized spacial score (nSPS) is 12.2. The molecule has 82 valence electrons. The molecule has 0 saturated carbocycles. The van der Waals surface area contributed by atoms with Gasteiger partial charge in [0.1, 0.15) is 16.8 Å². The topological polar surface area (TPSA) is 35.2 Å². The summed E-state index contributed by atoms with van der Waals surface area (Å²) < 4.78 is 5.77. The zero-order chi connectivity index (χ0) is 11.4. The molecule has 0 aliphatic heterocycles. The number of aryl methyl sites for hydroxylation is 1. The van der Waals surface area contributed by atoms with E-state index in [2.05, 4.69) is 13.0 Å². The van der Waals surface area contributed by atoms with Crippen LogP contribution in [0.2, 0.25) is 0 Å². The van der Waals surface area contributed by atoms with Crippen LogP contribution in [-0.4, -0.2) is 11.1 Å². The summed E-state index contributed by atoms with van der Waals surface area (Å²) in [6.45, 7) is 6.11. The number of ether oxygens (including phenoxy) is 1. The molecule has 0 aromatic heterocycles. The monoisotopic (exact) mass is 223 g/mol. The smallest absolute Gasteiger partial charge is 0.148 e. The first-order valence-corrected chi connectivity index (χ1v) is 5.49. The molecular weight excluding hydrogens is 206 g/mol. The van der Waals surface area contributed by atoms with Crippen molar-refractivity contribution in [2.45, 2.75) is 33.3 Å². The summed E-state index contributed by atoms with van der Waals surface area (Å²) >= 11 is 4.94. The lowest BCUT2D eigenvalue weighted by molar-refractivity contribution is 0.262. The lowest BCUT2D eigenvalue weighted by atomic mass is 10.1. The van der Waals surface area contributed by atoms with Crippen LogP contribution in [0.15, 0.2) is 18.2 Å². The lowest BCUT2D eigenvalue weighted by Crippen LogP contribution is -2.31. The van der Waals surface area contributed by atoms with Crippen LogP contribution >= 0.6 is 12.2 Å². The second kappa shape index (κ2) is 5.12. The third-order valence-corrected chi connectivity index (χ3v) is 2.78. The van der Waals surface area contributed by atoms with Gasteiger partial charge in [0, 0.05) is 0 Å². The van der Waals surface area contributed by atoms with Crippen LogP contribution in [0.5, 0.6) is 5.75 Å². The summed E-state index contributed by atoms with van der Waals surface area (Å²) in [7, 11) is 0. The Morgan fingerprint density at radius 3 is 2.67 bits per heavy atom. The van der Waals surface area contributed by atoms with Crippen LogP contribution in [0.25, 0.3) is 0 Å². The minimum Gasteiger partial charge on any atom is -0.483 e. The van der Waals surface area contributed by atoms with Crippen LogP contribution in [0.3, 0.4) is 0 Å². The standard InChI is InChI=1S/C12H17NOS/c1-4-10(12(13)15)14-11-7-5-6-8(2)9(11)3/h5-7,10H,4H2,1-3H3,(H2,13,15). The van der Waals surface area contributed by atoms with E-state index in [-0.39, 0.29) is 6.10 Å². The maximum atomic E-state index is 5.77. The van der Waals surface area contributed by atoms with Crippen molar-refractivity contribution in [3.8, 4) is 5.75 Å². The van der Waals surface area contributed by atoms with Crippen molar-refractivity contribution in [2.75, 3.05) is 0 Å². The number of thiocarbonyl (C=S) groups is 1. The lowest BCUT2D eigenvalue weighted by Gasteiger charge is -2.18. The molecule has 0 saturated heterocycles. The summed E-state index contributed by atoms with van der Waals surface area (Å²) in [5, 5.41) is 0. The number of nitrogens with two attached hydrogens (primary N) is 1. The van der Waals surface area contributed by atoms with Crippen LogP contribution < -0.4 is 10.5 Å². The highest BCUT2D eigenvalue weighted by Crippen LogP contribution is 2.22. The number of benzene rings is 1. The molecule has 0 radical (unpaired) electrons. The van der Waals surface area contributed by atoms with Gasteiger partial charge in [0.2, 0.25) is 0 Å². The number of hydrogen-bond donors (Lipinski definition) is 1. The highest BCUT2D eigenvalue weighted by molar-refractivity contribution is 7.80. The molecule has 2 N–H and O–H groups in total. The molecule has 0 spiro atoms. The molecule has 0 amide bonds. The van der Waals surface area contributed by atoms with Crippen molar-refractivity contribution in [3.63, 3.8) is 0 Å². The Morgan fingerprint density at radius 1 is 1.47 bits per heavy atom. The van der Waals surface area contributed by atoms with Gasteiger partial charge in [-0.2, -0.15) is 0 Å². The van der Waals surface area contributed by atoms with Gasteiger partial charge >= 0.3 is 0 Å². The van der Waals surface area contributed by atoms with Crippen molar-refractivity contribution in [1.29, 1.82) is 0 Å². The van der Waals surface area contributed by atoms with Crippen LogP contribution in [-0.2, 0) is 0 Å². The van der Waals surface area contributed by atoms with E-state index in [0.29, 0.717) is 4.99 Å². The van der Waals surface area contributed by atoms with Crippen LogP contribution in [0, 0.1) is 13.8 Å². The molecule has 1 aromatic carbocycles. The molecule has 1 atom stereocenters. The summed E-state index contributed by atoms with van der Waals surface area (Å²) in [6.07, 6.45) is 0.628. The van der Waals surface area contributed by atoms with Gasteiger partial charge in [0.05, 0.1) is 0 Å². The molecule has 2 nitrogen and oxygen atoms in total. The van der Waals surface area contributed by atoms with Crippen molar-refractivity contribution in [1.82, 2.24) is 0 Å². The Bertz CT molecular complexity index is 363. The second-order valence-corrected chi connectivity index (χ2v) is 4.09. The van der Waals surface area contributed by atoms with Gasteiger partial charge < -0.3 is 10.5 Å². The van der Waals surface area contributed by atoms with Crippen molar-refractivity contribution in [2.24, 2.45) is 5.73 Å². The first-order chi connectivity index (χ1) is 7.06. The Balaban J connectivity index is 2.88. The van der Waals surface area contributed by atoms with Gasteiger partial charge in [-0.15, -0.1) is 0 Å². The van der Waals surface area contributed by atoms with Gasteiger partial charge in [-0.3, -0.25) is 0 Å². The fourth-order valence-electron chi connectivity index (χ4n) is 1.35. The Kier molecular flexibility index (Phi) is 4.09. The molecule has 0 aliphatic rings. The largest absolute Gasteiger partial charge is 0.483 e. The van der Waals surface area contributed by atoms with Gasteiger partial charge in [-0.1, -0.05) is 31.3 Å². The van der Waals surface area contributed by atoms with Gasteiger partial charge in [-0.05, 0) is 37.5 Å². The summed E-state index contributed by atoms with van der Waals surface area (Å²) in [6, 6.07) is 5.98. The van der Waals surface area contributed by atoms with Crippen molar-refractivity contribution >= 4 is 17.2 Å². The van der Waals surface area contributed by atoms with Crippen LogP contribution in [0.1, 0.15) is 24.5 Å². The van der Waals surface area contributed by atoms with E-state index >= 15 is 0 Å². The molecule has 1 rings (SSSR count). The first kappa shape index (κ1) is 12.0. The molecule has 0 fully saturated rings. The van der Waals surface area contributed by atoms with E-state index in [1.807, 2.05) is 26.0 Å². The molecular formula is C12H17NOS. The van der Waals surface area contributed by atoms with Crippen molar-refractivity contribution < 1.29 is 4.74 Å². The average molecular weight is 223 g/mol. The van der Waals surface area contributed by atoms with E-state index in [9.17, 15) is 0 Å². The fraction of sp³-hybridized carbons (Fsp3) is 0.417. The Morgan fingerprint density at radius 2 is 2.13 bits per heavy atom. The Labute approximate surface area is 96.4 Å². The highest BCUT2D eigenvalue weighted by Gasteiger charge is 2.12. The summed E-state index contributed by atoms with van der Waals surface area (Å²) in [5.74, 6) is 0.870. The molecule has 3 heteroatoms. The maximum absolute atomic E-state index is 5.77. The molecule has 15 heavy (non-hydrogen) atoms. The quantitative estimate of drug-likeness (QED) is 0.797. The Hall–Kier alpha value is -1.09. The fourth-order valence-corrected chi connectivity index (χ4v) is 1.56. The SMILES string of the molecule is CCC(Oc1cccc(C)c1C)C(N)=S. The number of rotatable bonds is 4. The van der Waals surface area contributed by atoms with Gasteiger partial charge in [0.25, 0.3) is 0 Å². The second-order valence-electron chi connectivity index (χ2n) is 3.62. The van der Waals surface area contributed by atoms with E-state index in [1.54, 1.807) is 0 Å². The van der Waals surface area contributed by atoms with E-state index in [1.165, 1.54) is 5.56 Å². The molecule has 1 unspecified atom stereocenters. The summed E-state index contributed by atoms with van der Waals surface area (Å²) in [4.78, 5) is 0.415. The molecule has 0 aliphatic carbocycles. The predicted molar refractivity (Wildman–Crippen MR) is 67.4 cm³/mol. The maximum Gasteiger partial charge on any atom is 0.148 e. The number of hydrogen-bond acceptors (Lipinski definition) is 2. The average Bonchev–Trinajstić information content (AvgIpc) is 2.19. The zero-order valence-electron chi connectivity index (χ0n) is 9.41. The summed E-state index contributed by atoms with van der Waals surface area (Å²) in [5.41, 5.74) is 7.95. The van der Waals surface area contributed by atoms with Crippen LogP contribution in [0.4, 0.5) is 0 Å². The first-order valence-electron chi connectivity index (χ1n) is 5.08. The highest BCUT2D eigenvalue weighted by atomic mass is 32.1. The minimum atomic E-state index is -0.166. The minimum absolute atomic E-state index is 0.166. The molecule has 0 heterocycles. The molecule has 0 bridgehead atoms. The predicted octanol–water partition coefficient (Wildman–Crippen LogP) is 2.75. The van der Waals surface area contributed by atoms with E-state index in [0.717, 1.165) is 17.7 Å².